The molecule has 1 aliphatic rings. The number of sulfonamides is 1. The minimum atomic E-state index is -3.67. The summed E-state index contributed by atoms with van der Waals surface area (Å²) in [6, 6.07) is 21.1. The van der Waals surface area contributed by atoms with Crippen LogP contribution in [0.1, 0.15) is 22.8 Å². The Balaban J connectivity index is 1.07. The molecule has 0 saturated carbocycles. The Morgan fingerprint density at radius 1 is 0.974 bits per heavy atom. The number of hydrogen-bond acceptors (Lipinski definition) is 7. The first-order valence-corrected chi connectivity index (χ1v) is 15.0. The fourth-order valence-corrected chi connectivity index (χ4v) is 6.57. The van der Waals surface area contributed by atoms with Crippen molar-refractivity contribution in [2.24, 2.45) is 0 Å². The predicted molar refractivity (Wildman–Crippen MR) is 154 cm³/mol. The summed E-state index contributed by atoms with van der Waals surface area (Å²) >= 11 is 1.76. The van der Waals surface area contributed by atoms with Crippen LogP contribution in [-0.2, 0) is 16.4 Å². The molecule has 1 aromatic heterocycles. The van der Waals surface area contributed by atoms with Gasteiger partial charge in [0.1, 0.15) is 0 Å². The van der Waals surface area contributed by atoms with Crippen LogP contribution in [0.3, 0.4) is 0 Å². The Bertz CT molecular complexity index is 1500. The summed E-state index contributed by atoms with van der Waals surface area (Å²) in [6.07, 6.45) is 1.03. The summed E-state index contributed by atoms with van der Waals surface area (Å²) in [6.45, 7) is 7.14. The Labute approximate surface area is 227 Å². The zero-order valence-electron chi connectivity index (χ0n) is 21.3. The van der Waals surface area contributed by atoms with E-state index < -0.39 is 10.0 Å². The number of aromatic nitrogens is 1. The molecule has 1 amide bonds. The molecule has 38 heavy (non-hydrogen) atoms. The van der Waals surface area contributed by atoms with E-state index in [0.29, 0.717) is 17.8 Å². The summed E-state index contributed by atoms with van der Waals surface area (Å²) in [4.78, 5) is 22.3. The first-order valence-electron chi connectivity index (χ1n) is 12.7. The van der Waals surface area contributed by atoms with E-state index in [0.717, 1.165) is 49.8 Å². The second-order valence-corrected chi connectivity index (χ2v) is 11.9. The maximum atomic E-state index is 12.6. The van der Waals surface area contributed by atoms with Gasteiger partial charge in [-0.25, -0.2) is 13.4 Å². The highest BCUT2D eigenvalue weighted by molar-refractivity contribution is 7.92. The van der Waals surface area contributed by atoms with Gasteiger partial charge in [-0.05, 0) is 60.5 Å². The van der Waals surface area contributed by atoms with Crippen molar-refractivity contribution in [2.75, 3.05) is 48.9 Å². The van der Waals surface area contributed by atoms with Crippen molar-refractivity contribution in [1.82, 2.24) is 15.2 Å². The van der Waals surface area contributed by atoms with Gasteiger partial charge in [-0.1, -0.05) is 42.5 Å². The molecule has 0 spiro atoms. The number of nitrogens with one attached hydrogen (secondary N) is 2. The monoisotopic (exact) mass is 549 g/mol. The molecule has 1 saturated heterocycles. The standard InChI is InChI=1S/C28H31N5O3S2/c1-2-21-8-13-25-26(20-21)37-28(30-25)33-18-16-32(17-19-33)15-14-29-27(34)22-9-11-23(12-10-22)31-38(35,36)24-6-4-3-5-7-24/h3-13,20,31H,2,14-19H2,1H3,(H,29,34). The van der Waals surface area contributed by atoms with E-state index in [4.69, 9.17) is 4.98 Å². The fourth-order valence-electron chi connectivity index (χ4n) is 4.41. The Hall–Kier alpha value is -3.47. The average molecular weight is 550 g/mol. The number of carbonyl (C=O) groups excluding carboxylic acids is 1. The Morgan fingerprint density at radius 2 is 1.71 bits per heavy atom. The molecule has 0 unspecified atom stereocenters. The van der Waals surface area contributed by atoms with Crippen LogP contribution in [0.15, 0.2) is 77.7 Å². The number of aryl methyl sites for hydroxylation is 1. The largest absolute Gasteiger partial charge is 0.351 e. The number of piperazine rings is 1. The van der Waals surface area contributed by atoms with Gasteiger partial charge in [0.15, 0.2) is 5.13 Å². The molecular formula is C28H31N5O3S2. The molecule has 2 heterocycles. The van der Waals surface area contributed by atoms with E-state index in [1.165, 1.54) is 22.4 Å². The van der Waals surface area contributed by atoms with E-state index >= 15 is 0 Å². The zero-order chi connectivity index (χ0) is 26.5. The summed E-state index contributed by atoms with van der Waals surface area (Å²) < 4.78 is 28.7. The summed E-state index contributed by atoms with van der Waals surface area (Å²) in [7, 11) is -3.67. The third-order valence-corrected chi connectivity index (χ3v) is 9.14. The maximum absolute atomic E-state index is 12.6. The lowest BCUT2D eigenvalue weighted by atomic mass is 10.2. The molecule has 198 valence electrons. The van der Waals surface area contributed by atoms with Gasteiger partial charge in [0.2, 0.25) is 0 Å². The smallest absolute Gasteiger partial charge is 0.261 e. The number of nitrogens with zero attached hydrogens (tertiary/aromatic N) is 3. The minimum absolute atomic E-state index is 0.179. The molecule has 3 aromatic carbocycles. The Kier molecular flexibility index (Phi) is 7.92. The second-order valence-electron chi connectivity index (χ2n) is 9.23. The molecule has 0 aliphatic carbocycles. The van der Waals surface area contributed by atoms with E-state index in [9.17, 15) is 13.2 Å². The molecule has 0 radical (unpaired) electrons. The van der Waals surface area contributed by atoms with Gasteiger partial charge in [-0.15, -0.1) is 0 Å². The summed E-state index contributed by atoms with van der Waals surface area (Å²) in [5, 5.41) is 4.05. The lowest BCUT2D eigenvalue weighted by Crippen LogP contribution is -2.48. The predicted octanol–water partition coefficient (Wildman–Crippen LogP) is 4.21. The van der Waals surface area contributed by atoms with Crippen molar-refractivity contribution in [3.63, 3.8) is 0 Å². The van der Waals surface area contributed by atoms with Crippen LogP contribution >= 0.6 is 11.3 Å². The molecule has 0 atom stereocenters. The van der Waals surface area contributed by atoms with Gasteiger partial charge in [-0.2, -0.15) is 0 Å². The van der Waals surface area contributed by atoms with Crippen molar-refractivity contribution < 1.29 is 13.2 Å². The van der Waals surface area contributed by atoms with Gasteiger partial charge >= 0.3 is 0 Å². The molecule has 5 rings (SSSR count). The number of rotatable bonds is 9. The van der Waals surface area contributed by atoms with Crippen LogP contribution in [0.5, 0.6) is 0 Å². The van der Waals surface area contributed by atoms with E-state index in [-0.39, 0.29) is 10.8 Å². The number of benzene rings is 3. The average Bonchev–Trinajstić information content (AvgIpc) is 3.37. The number of fused-ring (bicyclic) bond motifs is 1. The zero-order valence-corrected chi connectivity index (χ0v) is 22.9. The maximum Gasteiger partial charge on any atom is 0.261 e. The molecule has 1 aliphatic heterocycles. The van der Waals surface area contributed by atoms with Gasteiger partial charge in [0.05, 0.1) is 15.1 Å². The van der Waals surface area contributed by atoms with E-state index in [1.807, 2.05) is 0 Å². The van der Waals surface area contributed by atoms with E-state index in [1.54, 1.807) is 53.8 Å². The Morgan fingerprint density at radius 3 is 2.42 bits per heavy atom. The van der Waals surface area contributed by atoms with Crippen LogP contribution in [0, 0.1) is 0 Å². The number of amides is 1. The fraction of sp³-hybridized carbons (Fsp3) is 0.286. The third-order valence-electron chi connectivity index (χ3n) is 6.66. The van der Waals surface area contributed by atoms with Gasteiger partial charge < -0.3 is 10.2 Å². The van der Waals surface area contributed by atoms with Crippen molar-refractivity contribution in [3.8, 4) is 0 Å². The molecule has 4 aromatic rings. The normalized spacial score (nSPS) is 14.5. The van der Waals surface area contributed by atoms with E-state index in [2.05, 4.69) is 45.0 Å². The highest BCUT2D eigenvalue weighted by Crippen LogP contribution is 2.30. The second kappa shape index (κ2) is 11.5. The molecule has 2 N–H and O–H groups in total. The number of anilines is 2. The SMILES string of the molecule is CCc1ccc2nc(N3CCN(CCNC(=O)c4ccc(NS(=O)(=O)c5ccccc5)cc4)CC3)sc2c1. The van der Waals surface area contributed by atoms with Gasteiger partial charge in [0.25, 0.3) is 15.9 Å². The van der Waals surface area contributed by atoms with Gasteiger partial charge in [-0.3, -0.25) is 14.4 Å². The molecule has 0 bridgehead atoms. The molecular weight excluding hydrogens is 518 g/mol. The lowest BCUT2D eigenvalue weighted by Gasteiger charge is -2.34. The number of carbonyl (C=O) groups is 1. The molecule has 8 nitrogen and oxygen atoms in total. The highest BCUT2D eigenvalue weighted by atomic mass is 32.2. The molecule has 1 fully saturated rings. The summed E-state index contributed by atoms with van der Waals surface area (Å²) in [5.41, 5.74) is 3.29. The van der Waals surface area contributed by atoms with Crippen LogP contribution in [0.4, 0.5) is 10.8 Å². The molecule has 10 heteroatoms. The van der Waals surface area contributed by atoms with Gasteiger partial charge in [0, 0.05) is 50.5 Å². The van der Waals surface area contributed by atoms with Crippen molar-refractivity contribution in [1.29, 1.82) is 0 Å². The van der Waals surface area contributed by atoms with Crippen molar-refractivity contribution in [3.05, 3.63) is 83.9 Å². The highest BCUT2D eigenvalue weighted by Gasteiger charge is 2.20. The number of thiazole rings is 1. The lowest BCUT2D eigenvalue weighted by molar-refractivity contribution is 0.0948. The number of hydrogen-bond donors (Lipinski definition) is 2. The minimum Gasteiger partial charge on any atom is -0.351 e. The van der Waals surface area contributed by atoms with Crippen molar-refractivity contribution >= 4 is 48.3 Å². The first kappa shape index (κ1) is 26.1. The third kappa shape index (κ3) is 6.15. The van der Waals surface area contributed by atoms with Crippen molar-refractivity contribution in [2.45, 2.75) is 18.2 Å². The quantitative estimate of drug-likeness (QED) is 0.325. The topological polar surface area (TPSA) is 94.6 Å². The van der Waals surface area contributed by atoms with Crippen LogP contribution in [0.25, 0.3) is 10.2 Å². The van der Waals surface area contributed by atoms with Crippen LogP contribution in [-0.4, -0.2) is 63.5 Å². The summed E-state index contributed by atoms with van der Waals surface area (Å²) in [5.74, 6) is -0.179. The van der Waals surface area contributed by atoms with Crippen LogP contribution < -0.4 is 14.9 Å². The van der Waals surface area contributed by atoms with Crippen LogP contribution in [0.2, 0.25) is 0 Å². The first-order chi connectivity index (χ1) is 18.4.